The van der Waals surface area contributed by atoms with Crippen LogP contribution in [0.15, 0.2) is 41.4 Å². The number of thioether (sulfide) groups is 1. The van der Waals surface area contributed by atoms with Gasteiger partial charge in [-0.1, -0.05) is 30.8 Å². The van der Waals surface area contributed by atoms with E-state index in [0.717, 1.165) is 0 Å². The van der Waals surface area contributed by atoms with Crippen LogP contribution < -0.4 is 10.1 Å². The predicted molar refractivity (Wildman–Crippen MR) is 89.0 cm³/mol. The first-order chi connectivity index (χ1) is 11.1. The summed E-state index contributed by atoms with van der Waals surface area (Å²) >= 11 is 1.29. The smallest absolute Gasteiger partial charge is 0.225 e. The molecule has 1 aromatic carbocycles. The average molecular weight is 331 g/mol. The number of benzene rings is 1. The summed E-state index contributed by atoms with van der Waals surface area (Å²) in [4.78, 5) is 23.4. The second-order valence-corrected chi connectivity index (χ2v) is 5.60. The number of carbonyl (C=O) groups is 2. The number of hydrogen-bond donors (Lipinski definition) is 1. The van der Waals surface area contributed by atoms with Crippen molar-refractivity contribution in [3.05, 3.63) is 42.0 Å². The van der Waals surface area contributed by atoms with Gasteiger partial charge in [0, 0.05) is 12.0 Å². The zero-order valence-electron chi connectivity index (χ0n) is 12.9. The SMILES string of the molecule is CCC(=O)Nc1ccc(SCC(=O)c2cccc(OC)c2)nn1. The molecule has 7 heteroatoms. The number of nitrogens with one attached hydrogen (secondary N) is 1. The third kappa shape index (κ3) is 5.07. The number of amides is 1. The molecule has 0 aliphatic heterocycles. The molecule has 2 rings (SSSR count). The van der Waals surface area contributed by atoms with Crippen molar-refractivity contribution in [3.63, 3.8) is 0 Å². The zero-order valence-corrected chi connectivity index (χ0v) is 13.7. The maximum absolute atomic E-state index is 12.2. The lowest BCUT2D eigenvalue weighted by molar-refractivity contribution is -0.115. The van der Waals surface area contributed by atoms with Crippen LogP contribution in [0.2, 0.25) is 0 Å². The molecule has 23 heavy (non-hydrogen) atoms. The van der Waals surface area contributed by atoms with E-state index >= 15 is 0 Å². The first-order valence-electron chi connectivity index (χ1n) is 7.06. The quantitative estimate of drug-likeness (QED) is 0.620. The molecular weight excluding hydrogens is 314 g/mol. The molecule has 0 aliphatic rings. The van der Waals surface area contributed by atoms with Crippen LogP contribution in [0.5, 0.6) is 5.75 Å². The van der Waals surface area contributed by atoms with E-state index in [9.17, 15) is 9.59 Å². The van der Waals surface area contributed by atoms with Gasteiger partial charge in [0.05, 0.1) is 12.9 Å². The molecule has 0 aliphatic carbocycles. The van der Waals surface area contributed by atoms with E-state index in [1.165, 1.54) is 11.8 Å². The van der Waals surface area contributed by atoms with E-state index in [1.807, 2.05) is 0 Å². The van der Waals surface area contributed by atoms with Gasteiger partial charge in [0.2, 0.25) is 5.91 Å². The minimum absolute atomic E-state index is 0.0148. The fourth-order valence-electron chi connectivity index (χ4n) is 1.71. The Bertz CT molecular complexity index is 689. The van der Waals surface area contributed by atoms with E-state index in [4.69, 9.17) is 4.74 Å². The van der Waals surface area contributed by atoms with Crippen LogP contribution in [0.1, 0.15) is 23.7 Å². The lowest BCUT2D eigenvalue weighted by atomic mass is 10.1. The first-order valence-corrected chi connectivity index (χ1v) is 8.04. The van der Waals surface area contributed by atoms with E-state index in [0.29, 0.717) is 28.6 Å². The third-order valence-electron chi connectivity index (χ3n) is 2.97. The molecule has 0 saturated heterocycles. The van der Waals surface area contributed by atoms with Crippen LogP contribution in [-0.4, -0.2) is 34.8 Å². The fraction of sp³-hybridized carbons (Fsp3) is 0.250. The Morgan fingerprint density at radius 3 is 2.70 bits per heavy atom. The minimum atomic E-state index is -0.118. The van der Waals surface area contributed by atoms with Gasteiger partial charge in [-0.25, -0.2) is 0 Å². The van der Waals surface area contributed by atoms with Crippen molar-refractivity contribution in [1.82, 2.24) is 10.2 Å². The second-order valence-electron chi connectivity index (χ2n) is 4.60. The summed E-state index contributed by atoms with van der Waals surface area (Å²) in [5.41, 5.74) is 0.594. The number of ether oxygens (including phenoxy) is 1. The van der Waals surface area contributed by atoms with E-state index in [1.54, 1.807) is 50.4 Å². The number of rotatable bonds is 7. The van der Waals surface area contributed by atoms with Crippen LogP contribution in [0.25, 0.3) is 0 Å². The van der Waals surface area contributed by atoms with Gasteiger partial charge in [0.1, 0.15) is 10.8 Å². The Labute approximate surface area is 138 Å². The number of hydrogen-bond acceptors (Lipinski definition) is 6. The molecular formula is C16H17N3O3S. The maximum atomic E-state index is 12.2. The fourth-order valence-corrected chi connectivity index (χ4v) is 2.42. The Morgan fingerprint density at radius 1 is 1.22 bits per heavy atom. The van der Waals surface area contributed by atoms with Crippen molar-refractivity contribution in [1.29, 1.82) is 0 Å². The van der Waals surface area contributed by atoms with Gasteiger partial charge in [-0.3, -0.25) is 9.59 Å². The van der Waals surface area contributed by atoms with Crippen LogP contribution in [0.4, 0.5) is 5.82 Å². The summed E-state index contributed by atoms with van der Waals surface area (Å²) in [7, 11) is 1.56. The van der Waals surface area contributed by atoms with Gasteiger partial charge in [-0.15, -0.1) is 10.2 Å². The van der Waals surface area contributed by atoms with Crippen LogP contribution in [0, 0.1) is 0 Å². The first kappa shape index (κ1) is 17.0. The number of aromatic nitrogens is 2. The van der Waals surface area contributed by atoms with E-state index < -0.39 is 0 Å². The van der Waals surface area contributed by atoms with Crippen molar-refractivity contribution >= 4 is 29.3 Å². The Kier molecular flexibility index (Phi) is 6.10. The lowest BCUT2D eigenvalue weighted by Crippen LogP contribution is -2.11. The minimum Gasteiger partial charge on any atom is -0.497 e. The van der Waals surface area contributed by atoms with Crippen molar-refractivity contribution in [3.8, 4) is 5.75 Å². The van der Waals surface area contributed by atoms with Crippen molar-refractivity contribution in [2.24, 2.45) is 0 Å². The molecule has 0 fully saturated rings. The average Bonchev–Trinajstić information content (AvgIpc) is 2.60. The summed E-state index contributed by atoms with van der Waals surface area (Å²) in [6.45, 7) is 1.76. The number of methoxy groups -OCH3 is 1. The number of Topliss-reactive ketones (excluding diaryl/α,β-unsaturated/α-hetero) is 1. The standard InChI is InChI=1S/C16H17N3O3S/c1-3-15(21)17-14-7-8-16(19-18-14)23-10-13(20)11-5-4-6-12(9-11)22-2/h4-9H,3,10H2,1-2H3,(H,17,18,21). The van der Waals surface area contributed by atoms with Gasteiger partial charge in [0.25, 0.3) is 0 Å². The lowest BCUT2D eigenvalue weighted by Gasteiger charge is -2.04. The molecule has 2 aromatic rings. The molecule has 6 nitrogen and oxygen atoms in total. The predicted octanol–water partition coefficient (Wildman–Crippen LogP) is 2.81. The highest BCUT2D eigenvalue weighted by atomic mass is 32.2. The van der Waals surface area contributed by atoms with Gasteiger partial charge in [-0.05, 0) is 24.3 Å². The van der Waals surface area contributed by atoms with E-state index in [-0.39, 0.29) is 17.4 Å². The summed E-state index contributed by atoms with van der Waals surface area (Å²) < 4.78 is 5.11. The largest absolute Gasteiger partial charge is 0.497 e. The molecule has 1 N–H and O–H groups in total. The van der Waals surface area contributed by atoms with Crippen LogP contribution >= 0.6 is 11.8 Å². The molecule has 0 radical (unpaired) electrons. The Balaban J connectivity index is 1.92. The zero-order chi connectivity index (χ0) is 16.7. The van der Waals surface area contributed by atoms with Gasteiger partial charge in [-0.2, -0.15) is 0 Å². The highest BCUT2D eigenvalue weighted by Gasteiger charge is 2.09. The van der Waals surface area contributed by atoms with Crippen molar-refractivity contribution < 1.29 is 14.3 Å². The highest BCUT2D eigenvalue weighted by molar-refractivity contribution is 7.99. The monoisotopic (exact) mass is 331 g/mol. The topological polar surface area (TPSA) is 81.2 Å². The summed E-state index contributed by atoms with van der Waals surface area (Å²) in [5, 5.41) is 11.1. The summed E-state index contributed by atoms with van der Waals surface area (Å²) in [6, 6.07) is 10.4. The molecule has 0 bridgehead atoms. The van der Waals surface area contributed by atoms with E-state index in [2.05, 4.69) is 15.5 Å². The number of carbonyl (C=O) groups excluding carboxylic acids is 2. The Morgan fingerprint density at radius 2 is 2.04 bits per heavy atom. The molecule has 1 aromatic heterocycles. The number of nitrogens with zero attached hydrogens (tertiary/aromatic N) is 2. The van der Waals surface area contributed by atoms with Gasteiger partial charge >= 0.3 is 0 Å². The number of anilines is 1. The molecule has 0 saturated carbocycles. The second kappa shape index (κ2) is 8.28. The molecule has 0 unspecified atom stereocenters. The summed E-state index contributed by atoms with van der Waals surface area (Å²) in [5.74, 6) is 1.17. The number of ketones is 1. The van der Waals surface area contributed by atoms with Gasteiger partial charge in [0.15, 0.2) is 11.6 Å². The van der Waals surface area contributed by atoms with Gasteiger partial charge < -0.3 is 10.1 Å². The Hall–Kier alpha value is -2.41. The molecule has 120 valence electrons. The third-order valence-corrected chi connectivity index (χ3v) is 3.89. The molecule has 0 spiro atoms. The van der Waals surface area contributed by atoms with Crippen LogP contribution in [0.3, 0.4) is 0 Å². The van der Waals surface area contributed by atoms with Crippen molar-refractivity contribution in [2.45, 2.75) is 18.4 Å². The normalized spacial score (nSPS) is 10.2. The molecule has 1 heterocycles. The maximum Gasteiger partial charge on any atom is 0.225 e. The van der Waals surface area contributed by atoms with Crippen LogP contribution in [-0.2, 0) is 4.79 Å². The summed E-state index contributed by atoms with van der Waals surface area (Å²) in [6.07, 6.45) is 0.382. The molecule has 0 atom stereocenters. The molecule has 1 amide bonds. The highest BCUT2D eigenvalue weighted by Crippen LogP contribution is 2.19. The van der Waals surface area contributed by atoms with Crippen molar-refractivity contribution in [2.75, 3.05) is 18.2 Å².